The summed E-state index contributed by atoms with van der Waals surface area (Å²) in [6.07, 6.45) is 7.99. The molecule has 0 spiro atoms. The highest BCUT2D eigenvalue weighted by molar-refractivity contribution is 5.68. The zero-order valence-corrected chi connectivity index (χ0v) is 17.4. The molecule has 1 aromatic rings. The second-order valence-electron chi connectivity index (χ2n) is 7.22. The van der Waals surface area contributed by atoms with E-state index in [0.29, 0.717) is 0 Å². The number of nitrogens with two attached hydrogens (primary N) is 4. The van der Waals surface area contributed by atoms with E-state index in [0.717, 1.165) is 53.9 Å². The van der Waals surface area contributed by atoms with Gasteiger partial charge < -0.3 is 22.9 Å². The van der Waals surface area contributed by atoms with Gasteiger partial charge in [-0.25, -0.2) is 0 Å². The number of rotatable bonds is 4. The van der Waals surface area contributed by atoms with Gasteiger partial charge in [-0.1, -0.05) is 52.8 Å². The third-order valence-electron chi connectivity index (χ3n) is 5.78. The molecule has 0 radical (unpaired) electrons. The molecule has 0 aromatic heterocycles. The molecule has 0 saturated heterocycles. The number of benzene rings is 1. The lowest BCUT2D eigenvalue weighted by Crippen LogP contribution is -2.47. The van der Waals surface area contributed by atoms with Crippen LogP contribution in [0.2, 0.25) is 0 Å². The van der Waals surface area contributed by atoms with E-state index in [-0.39, 0.29) is 11.5 Å². The standard InChI is InChI=1S/C11H20N2.C11H18N2/c1-4-9-6-7-11(13,5-2)8(3)10(9)12;1-4-8-6-7(3)10(12)9(5-2)11(8)13/h6-8H,4-5,12-13H2,1-3H3;6H,4-5,12-13H2,1-3H3. The normalized spacial score (nSPS) is 22.2. The first-order valence-corrected chi connectivity index (χ1v) is 9.79. The van der Waals surface area contributed by atoms with Gasteiger partial charge in [-0.05, 0) is 54.9 Å². The Kier molecular flexibility index (Phi) is 7.76. The minimum absolute atomic E-state index is 0.233. The Morgan fingerprint density at radius 2 is 1.58 bits per heavy atom. The first kappa shape index (κ1) is 22.1. The Balaban J connectivity index is 0.000000260. The van der Waals surface area contributed by atoms with E-state index in [1.165, 1.54) is 11.1 Å². The Morgan fingerprint density at radius 1 is 0.962 bits per heavy atom. The Hall–Kier alpha value is -1.94. The second kappa shape index (κ2) is 9.13. The van der Waals surface area contributed by atoms with Crippen LogP contribution in [0.1, 0.15) is 64.2 Å². The SMILES string of the molecule is CCC1=C(N)C(C)C(N)(CC)C=C1.CCc1cc(C)c(N)c(CC)c1N. The molecular weight excluding hydrogens is 320 g/mol. The number of hydrogen-bond donors (Lipinski definition) is 4. The summed E-state index contributed by atoms with van der Waals surface area (Å²) in [5, 5.41) is 0. The van der Waals surface area contributed by atoms with Crippen molar-refractivity contribution in [1.82, 2.24) is 0 Å². The molecule has 1 aromatic carbocycles. The van der Waals surface area contributed by atoms with E-state index in [1.807, 2.05) is 6.92 Å². The van der Waals surface area contributed by atoms with Gasteiger partial charge in [0, 0.05) is 28.5 Å². The van der Waals surface area contributed by atoms with Crippen molar-refractivity contribution in [1.29, 1.82) is 0 Å². The van der Waals surface area contributed by atoms with Gasteiger partial charge in [0.15, 0.2) is 0 Å². The van der Waals surface area contributed by atoms with E-state index in [1.54, 1.807) is 0 Å². The quantitative estimate of drug-likeness (QED) is 0.605. The molecule has 1 aliphatic rings. The van der Waals surface area contributed by atoms with Crippen molar-refractivity contribution >= 4 is 11.4 Å². The van der Waals surface area contributed by atoms with Gasteiger partial charge in [-0.15, -0.1) is 0 Å². The van der Waals surface area contributed by atoms with Crippen molar-refractivity contribution in [2.75, 3.05) is 11.5 Å². The van der Waals surface area contributed by atoms with Crippen molar-refractivity contribution in [3.05, 3.63) is 46.2 Å². The van der Waals surface area contributed by atoms with Crippen molar-refractivity contribution in [2.24, 2.45) is 17.4 Å². The molecule has 2 rings (SSSR count). The maximum Gasteiger partial charge on any atom is 0.0420 e. The summed E-state index contributed by atoms with van der Waals surface area (Å²) < 4.78 is 0. The minimum atomic E-state index is -0.233. The highest BCUT2D eigenvalue weighted by Crippen LogP contribution is 2.32. The smallest absolute Gasteiger partial charge is 0.0420 e. The average molecular weight is 359 g/mol. The summed E-state index contributed by atoms with van der Waals surface area (Å²) >= 11 is 0. The first-order valence-electron chi connectivity index (χ1n) is 9.79. The lowest BCUT2D eigenvalue weighted by molar-refractivity contribution is 0.380. The summed E-state index contributed by atoms with van der Waals surface area (Å²) in [5.41, 5.74) is 31.3. The molecule has 0 aliphatic heterocycles. The predicted octanol–water partition coefficient (Wildman–Crippen LogP) is 4.21. The molecule has 4 nitrogen and oxygen atoms in total. The summed E-state index contributed by atoms with van der Waals surface area (Å²) in [6.45, 7) is 12.6. The van der Waals surface area contributed by atoms with Gasteiger partial charge in [-0.3, -0.25) is 0 Å². The lowest BCUT2D eigenvalue weighted by atomic mass is 9.76. The van der Waals surface area contributed by atoms with Crippen molar-refractivity contribution in [3.8, 4) is 0 Å². The Labute approximate surface area is 159 Å². The van der Waals surface area contributed by atoms with E-state index < -0.39 is 0 Å². The average Bonchev–Trinajstić information content (AvgIpc) is 2.64. The van der Waals surface area contributed by atoms with Gasteiger partial charge in [0.2, 0.25) is 0 Å². The van der Waals surface area contributed by atoms with Crippen LogP contribution in [0.4, 0.5) is 11.4 Å². The van der Waals surface area contributed by atoms with Crippen LogP contribution in [0.3, 0.4) is 0 Å². The third kappa shape index (κ3) is 4.42. The molecule has 8 N–H and O–H groups in total. The molecule has 0 bridgehead atoms. The molecule has 1 aliphatic carbocycles. The van der Waals surface area contributed by atoms with Crippen LogP contribution < -0.4 is 22.9 Å². The zero-order valence-electron chi connectivity index (χ0n) is 17.4. The van der Waals surface area contributed by atoms with E-state index >= 15 is 0 Å². The molecule has 4 heteroatoms. The van der Waals surface area contributed by atoms with E-state index in [4.69, 9.17) is 22.9 Å². The minimum Gasteiger partial charge on any atom is -0.402 e. The highest BCUT2D eigenvalue weighted by atomic mass is 14.8. The highest BCUT2D eigenvalue weighted by Gasteiger charge is 2.32. The van der Waals surface area contributed by atoms with Crippen molar-refractivity contribution in [2.45, 2.75) is 72.8 Å². The number of hydrogen-bond acceptors (Lipinski definition) is 4. The monoisotopic (exact) mass is 358 g/mol. The summed E-state index contributed by atoms with van der Waals surface area (Å²) in [7, 11) is 0. The van der Waals surface area contributed by atoms with Gasteiger partial charge in [0.1, 0.15) is 0 Å². The number of nitrogen functional groups attached to an aromatic ring is 2. The molecule has 26 heavy (non-hydrogen) atoms. The van der Waals surface area contributed by atoms with Gasteiger partial charge in [0.25, 0.3) is 0 Å². The Bertz CT molecular complexity index is 688. The molecule has 146 valence electrons. The number of aryl methyl sites for hydroxylation is 2. The van der Waals surface area contributed by atoms with Crippen LogP contribution in [0.5, 0.6) is 0 Å². The molecular formula is C22H38N4. The van der Waals surface area contributed by atoms with Crippen LogP contribution in [0.25, 0.3) is 0 Å². The van der Waals surface area contributed by atoms with Gasteiger partial charge in [-0.2, -0.15) is 0 Å². The van der Waals surface area contributed by atoms with Crippen LogP contribution in [-0.4, -0.2) is 5.54 Å². The summed E-state index contributed by atoms with van der Waals surface area (Å²) in [6, 6.07) is 2.09. The van der Waals surface area contributed by atoms with Gasteiger partial charge in [0.05, 0.1) is 0 Å². The van der Waals surface area contributed by atoms with E-state index in [9.17, 15) is 0 Å². The van der Waals surface area contributed by atoms with Crippen molar-refractivity contribution < 1.29 is 0 Å². The zero-order chi connectivity index (χ0) is 20.1. The van der Waals surface area contributed by atoms with E-state index in [2.05, 4.69) is 52.8 Å². The lowest BCUT2D eigenvalue weighted by Gasteiger charge is -2.36. The van der Waals surface area contributed by atoms with Gasteiger partial charge >= 0.3 is 0 Å². The number of allylic oxidation sites excluding steroid dienone is 2. The topological polar surface area (TPSA) is 104 Å². The van der Waals surface area contributed by atoms with Crippen molar-refractivity contribution in [3.63, 3.8) is 0 Å². The fourth-order valence-corrected chi connectivity index (χ4v) is 3.48. The molecule has 2 unspecified atom stereocenters. The van der Waals surface area contributed by atoms with Crippen LogP contribution in [0.15, 0.2) is 29.5 Å². The molecule has 0 saturated carbocycles. The summed E-state index contributed by atoms with van der Waals surface area (Å²) in [5.74, 6) is 0.262. The van der Waals surface area contributed by atoms with Crippen LogP contribution in [-0.2, 0) is 12.8 Å². The number of anilines is 2. The predicted molar refractivity (Wildman–Crippen MR) is 116 cm³/mol. The third-order valence-corrected chi connectivity index (χ3v) is 5.78. The molecule has 0 heterocycles. The molecule has 2 atom stereocenters. The maximum atomic E-state index is 6.21. The van der Waals surface area contributed by atoms with Crippen LogP contribution >= 0.6 is 0 Å². The van der Waals surface area contributed by atoms with Crippen LogP contribution in [0, 0.1) is 12.8 Å². The molecule has 0 fully saturated rings. The first-order chi connectivity index (χ1) is 12.2. The fourth-order valence-electron chi connectivity index (χ4n) is 3.48. The largest absolute Gasteiger partial charge is 0.402 e. The summed E-state index contributed by atoms with van der Waals surface area (Å²) in [4.78, 5) is 0. The Morgan fingerprint density at radius 3 is 2.04 bits per heavy atom. The molecule has 0 amide bonds. The second-order valence-corrected chi connectivity index (χ2v) is 7.22. The maximum absolute atomic E-state index is 6.21. The fraction of sp³-hybridized carbons (Fsp3) is 0.545.